The first kappa shape index (κ1) is 12.3. The number of hydrogen-bond acceptors (Lipinski definition) is 3. The normalized spacial score (nSPS) is 10.7. The zero-order valence-corrected chi connectivity index (χ0v) is 10.3. The van der Waals surface area contributed by atoms with Gasteiger partial charge in [0.1, 0.15) is 0 Å². The van der Waals surface area contributed by atoms with E-state index in [1.807, 2.05) is 49.5 Å². The highest BCUT2D eigenvalue weighted by Gasteiger charge is 2.05. The maximum Gasteiger partial charge on any atom is 0.164 e. The highest BCUT2D eigenvalue weighted by molar-refractivity contribution is 7.98. The van der Waals surface area contributed by atoms with Crippen LogP contribution in [0.4, 0.5) is 0 Å². The Kier molecular flexibility index (Phi) is 4.85. The van der Waals surface area contributed by atoms with E-state index in [0.717, 1.165) is 12.1 Å². The SMILES string of the molecule is CSc1ccc(C(=O)CCN(C)C)cc1. The van der Waals surface area contributed by atoms with Gasteiger partial charge in [0.05, 0.1) is 0 Å². The van der Waals surface area contributed by atoms with E-state index >= 15 is 0 Å². The molecule has 0 amide bonds. The first-order chi connectivity index (χ1) is 7.13. The van der Waals surface area contributed by atoms with Gasteiger partial charge in [-0.2, -0.15) is 0 Å². The van der Waals surface area contributed by atoms with Gasteiger partial charge in [0.15, 0.2) is 5.78 Å². The van der Waals surface area contributed by atoms with Gasteiger partial charge in [-0.25, -0.2) is 0 Å². The van der Waals surface area contributed by atoms with Crippen molar-refractivity contribution in [2.75, 3.05) is 26.9 Å². The Bertz CT molecular complexity index is 319. The third kappa shape index (κ3) is 4.06. The van der Waals surface area contributed by atoms with Gasteiger partial charge in [-0.1, -0.05) is 12.1 Å². The molecule has 3 heteroatoms. The highest BCUT2D eigenvalue weighted by Crippen LogP contribution is 2.15. The van der Waals surface area contributed by atoms with Crippen LogP contribution in [0.15, 0.2) is 29.2 Å². The molecule has 1 aromatic carbocycles. The summed E-state index contributed by atoms with van der Waals surface area (Å²) in [5, 5.41) is 0. The second-order valence-electron chi connectivity index (χ2n) is 3.70. The minimum absolute atomic E-state index is 0.219. The second-order valence-corrected chi connectivity index (χ2v) is 4.58. The largest absolute Gasteiger partial charge is 0.309 e. The minimum atomic E-state index is 0.219. The Morgan fingerprint density at radius 3 is 2.33 bits per heavy atom. The van der Waals surface area contributed by atoms with E-state index < -0.39 is 0 Å². The molecule has 0 N–H and O–H groups in total. The molecule has 0 bridgehead atoms. The molecule has 0 unspecified atom stereocenters. The summed E-state index contributed by atoms with van der Waals surface area (Å²) >= 11 is 1.69. The van der Waals surface area contributed by atoms with Crippen molar-refractivity contribution in [3.63, 3.8) is 0 Å². The number of benzene rings is 1. The first-order valence-corrected chi connectivity index (χ1v) is 6.18. The Morgan fingerprint density at radius 2 is 1.87 bits per heavy atom. The van der Waals surface area contributed by atoms with Crippen LogP contribution < -0.4 is 0 Å². The van der Waals surface area contributed by atoms with Crippen LogP contribution in [0.25, 0.3) is 0 Å². The van der Waals surface area contributed by atoms with Gasteiger partial charge in [-0.15, -0.1) is 11.8 Å². The molecule has 0 aromatic heterocycles. The van der Waals surface area contributed by atoms with Crippen molar-refractivity contribution < 1.29 is 4.79 Å². The van der Waals surface area contributed by atoms with Crippen molar-refractivity contribution in [1.82, 2.24) is 4.90 Å². The smallest absolute Gasteiger partial charge is 0.164 e. The van der Waals surface area contributed by atoms with E-state index in [4.69, 9.17) is 0 Å². The molecule has 82 valence electrons. The van der Waals surface area contributed by atoms with Gasteiger partial charge in [0, 0.05) is 23.4 Å². The van der Waals surface area contributed by atoms with Crippen molar-refractivity contribution in [3.8, 4) is 0 Å². The molecule has 2 nitrogen and oxygen atoms in total. The molecular weight excluding hydrogens is 206 g/mol. The van der Waals surface area contributed by atoms with E-state index in [1.165, 1.54) is 4.90 Å². The highest BCUT2D eigenvalue weighted by atomic mass is 32.2. The van der Waals surface area contributed by atoms with Crippen molar-refractivity contribution in [3.05, 3.63) is 29.8 Å². The summed E-state index contributed by atoms with van der Waals surface area (Å²) in [6, 6.07) is 7.80. The number of ketones is 1. The van der Waals surface area contributed by atoms with Crippen LogP contribution in [-0.4, -0.2) is 37.6 Å². The maximum atomic E-state index is 11.7. The third-order valence-electron chi connectivity index (χ3n) is 2.20. The molecule has 0 atom stereocenters. The lowest BCUT2D eigenvalue weighted by Gasteiger charge is -2.08. The summed E-state index contributed by atoms with van der Waals surface area (Å²) in [7, 11) is 3.95. The number of hydrogen-bond donors (Lipinski definition) is 0. The molecule has 0 saturated heterocycles. The average Bonchev–Trinajstić information content (AvgIpc) is 2.26. The van der Waals surface area contributed by atoms with Crippen molar-refractivity contribution in [1.29, 1.82) is 0 Å². The average molecular weight is 223 g/mol. The Morgan fingerprint density at radius 1 is 1.27 bits per heavy atom. The standard InChI is InChI=1S/C12H17NOS/c1-13(2)9-8-12(14)10-4-6-11(15-3)7-5-10/h4-7H,8-9H2,1-3H3. The Labute approximate surface area is 95.7 Å². The number of carbonyl (C=O) groups is 1. The van der Waals surface area contributed by atoms with Gasteiger partial charge in [0.25, 0.3) is 0 Å². The van der Waals surface area contributed by atoms with Crippen molar-refractivity contribution in [2.24, 2.45) is 0 Å². The second kappa shape index (κ2) is 5.93. The molecule has 0 spiro atoms. The van der Waals surface area contributed by atoms with E-state index in [-0.39, 0.29) is 5.78 Å². The molecule has 0 saturated carbocycles. The van der Waals surface area contributed by atoms with E-state index in [1.54, 1.807) is 11.8 Å². The lowest BCUT2D eigenvalue weighted by atomic mass is 10.1. The lowest BCUT2D eigenvalue weighted by Crippen LogP contribution is -2.16. The fourth-order valence-electron chi connectivity index (χ4n) is 1.25. The zero-order valence-electron chi connectivity index (χ0n) is 9.49. The zero-order chi connectivity index (χ0) is 11.3. The summed E-state index contributed by atoms with van der Waals surface area (Å²) in [5.74, 6) is 0.219. The molecule has 0 heterocycles. The number of rotatable bonds is 5. The first-order valence-electron chi connectivity index (χ1n) is 4.95. The van der Waals surface area contributed by atoms with Gasteiger partial charge in [-0.05, 0) is 32.5 Å². The number of thioether (sulfide) groups is 1. The van der Waals surface area contributed by atoms with Crippen LogP contribution in [0.1, 0.15) is 16.8 Å². The molecule has 0 radical (unpaired) electrons. The van der Waals surface area contributed by atoms with Crippen LogP contribution in [0.2, 0.25) is 0 Å². The summed E-state index contributed by atoms with van der Waals surface area (Å²) < 4.78 is 0. The summed E-state index contributed by atoms with van der Waals surface area (Å²) in [6.45, 7) is 0.809. The molecule has 0 aliphatic rings. The molecule has 15 heavy (non-hydrogen) atoms. The van der Waals surface area contributed by atoms with Crippen LogP contribution in [0.3, 0.4) is 0 Å². The van der Waals surface area contributed by atoms with Gasteiger partial charge >= 0.3 is 0 Å². The predicted octanol–water partition coefficient (Wildman–Crippen LogP) is 2.54. The third-order valence-corrected chi connectivity index (χ3v) is 2.94. The van der Waals surface area contributed by atoms with Crippen LogP contribution in [0.5, 0.6) is 0 Å². The maximum absolute atomic E-state index is 11.7. The molecule has 0 aliphatic heterocycles. The van der Waals surface area contributed by atoms with Gasteiger partial charge in [0.2, 0.25) is 0 Å². The fraction of sp³-hybridized carbons (Fsp3) is 0.417. The Hall–Kier alpha value is -0.800. The molecule has 1 aromatic rings. The number of nitrogens with zero attached hydrogens (tertiary/aromatic N) is 1. The lowest BCUT2D eigenvalue weighted by molar-refractivity contribution is 0.0972. The summed E-state index contributed by atoms with van der Waals surface area (Å²) in [5.41, 5.74) is 0.814. The van der Waals surface area contributed by atoms with E-state index in [2.05, 4.69) is 0 Å². The minimum Gasteiger partial charge on any atom is -0.309 e. The Balaban J connectivity index is 2.58. The summed E-state index contributed by atoms with van der Waals surface area (Å²) in [4.78, 5) is 14.9. The van der Waals surface area contributed by atoms with Crippen LogP contribution >= 0.6 is 11.8 Å². The van der Waals surface area contributed by atoms with Crippen LogP contribution in [0, 0.1) is 0 Å². The summed E-state index contributed by atoms with van der Waals surface area (Å²) in [6.07, 6.45) is 2.62. The van der Waals surface area contributed by atoms with E-state index in [9.17, 15) is 4.79 Å². The number of Topliss-reactive ketones (excluding diaryl/α,β-unsaturated/α-hetero) is 1. The fourth-order valence-corrected chi connectivity index (χ4v) is 1.65. The van der Waals surface area contributed by atoms with Crippen molar-refractivity contribution in [2.45, 2.75) is 11.3 Å². The molecule has 0 aliphatic carbocycles. The molecular formula is C12H17NOS. The topological polar surface area (TPSA) is 20.3 Å². The quantitative estimate of drug-likeness (QED) is 0.565. The van der Waals surface area contributed by atoms with Crippen LogP contribution in [-0.2, 0) is 0 Å². The van der Waals surface area contributed by atoms with Gasteiger partial charge < -0.3 is 4.90 Å². The van der Waals surface area contributed by atoms with E-state index in [0.29, 0.717) is 6.42 Å². The number of carbonyl (C=O) groups excluding carboxylic acids is 1. The molecule has 1 rings (SSSR count). The van der Waals surface area contributed by atoms with Crippen molar-refractivity contribution >= 4 is 17.5 Å². The molecule has 0 fully saturated rings. The van der Waals surface area contributed by atoms with Gasteiger partial charge in [-0.3, -0.25) is 4.79 Å². The monoisotopic (exact) mass is 223 g/mol. The predicted molar refractivity (Wildman–Crippen MR) is 65.7 cm³/mol.